The molecule has 1 unspecified atom stereocenters. The quantitative estimate of drug-likeness (QED) is 0.767. The maximum atomic E-state index is 11.8. The minimum absolute atomic E-state index is 0.0208. The molecule has 0 fully saturated rings. The first-order chi connectivity index (χ1) is 7.40. The lowest BCUT2D eigenvalue weighted by Crippen LogP contribution is -2.44. The first kappa shape index (κ1) is 15.1. The first-order valence-electron chi connectivity index (χ1n) is 5.08. The van der Waals surface area contributed by atoms with Crippen molar-refractivity contribution >= 4 is 23.8 Å². The van der Waals surface area contributed by atoms with Gasteiger partial charge in [-0.2, -0.15) is 11.8 Å². The molecule has 0 aliphatic rings. The highest BCUT2D eigenvalue weighted by Gasteiger charge is 2.19. The molecule has 0 aromatic carbocycles. The van der Waals surface area contributed by atoms with Crippen molar-refractivity contribution in [1.82, 2.24) is 9.80 Å². The third kappa shape index (κ3) is 5.25. The summed E-state index contributed by atoms with van der Waals surface area (Å²) >= 11 is 1.68. The highest BCUT2D eigenvalue weighted by Crippen LogP contribution is 2.06. The summed E-state index contributed by atoms with van der Waals surface area (Å²) in [5.41, 5.74) is 0. The van der Waals surface area contributed by atoms with Crippen LogP contribution in [0.4, 0.5) is 4.79 Å². The van der Waals surface area contributed by atoms with E-state index >= 15 is 0 Å². The molecule has 0 spiro atoms. The number of carboxylic acids is 1. The molecule has 0 aromatic rings. The van der Waals surface area contributed by atoms with E-state index in [2.05, 4.69) is 0 Å². The van der Waals surface area contributed by atoms with Crippen LogP contribution in [0.25, 0.3) is 0 Å². The van der Waals surface area contributed by atoms with Crippen LogP contribution in [0.1, 0.15) is 13.3 Å². The highest BCUT2D eigenvalue weighted by molar-refractivity contribution is 7.98. The minimum atomic E-state index is -0.889. The summed E-state index contributed by atoms with van der Waals surface area (Å²) in [7, 11) is 3.36. The molecule has 1 N–H and O–H groups in total. The molecule has 1 atom stereocenters. The monoisotopic (exact) mass is 248 g/mol. The van der Waals surface area contributed by atoms with Crippen molar-refractivity contribution in [3.05, 3.63) is 0 Å². The number of carbonyl (C=O) groups is 2. The van der Waals surface area contributed by atoms with Crippen LogP contribution in [0.5, 0.6) is 0 Å². The van der Waals surface area contributed by atoms with E-state index in [1.807, 2.05) is 13.2 Å². The van der Waals surface area contributed by atoms with Gasteiger partial charge in [-0.25, -0.2) is 4.79 Å². The van der Waals surface area contributed by atoms with Crippen LogP contribution in [0.2, 0.25) is 0 Å². The number of hydrogen-bond donors (Lipinski definition) is 1. The molecule has 0 saturated carbocycles. The van der Waals surface area contributed by atoms with Gasteiger partial charge >= 0.3 is 12.0 Å². The summed E-state index contributed by atoms with van der Waals surface area (Å²) in [6, 6.07) is 0.0116. The van der Waals surface area contributed by atoms with Crippen molar-refractivity contribution in [2.75, 3.05) is 32.6 Å². The summed E-state index contributed by atoms with van der Waals surface area (Å²) in [6.07, 6.45) is 1.97. The third-order valence-corrected chi connectivity index (χ3v) is 3.17. The zero-order valence-electron chi connectivity index (χ0n) is 10.3. The van der Waals surface area contributed by atoms with Crippen LogP contribution in [-0.2, 0) is 4.79 Å². The van der Waals surface area contributed by atoms with E-state index in [1.54, 1.807) is 30.8 Å². The van der Waals surface area contributed by atoms with Crippen molar-refractivity contribution in [2.24, 2.45) is 0 Å². The summed E-state index contributed by atoms with van der Waals surface area (Å²) < 4.78 is 0. The van der Waals surface area contributed by atoms with Crippen molar-refractivity contribution in [3.63, 3.8) is 0 Å². The smallest absolute Gasteiger partial charge is 0.319 e. The molecule has 0 heterocycles. The summed E-state index contributed by atoms with van der Waals surface area (Å²) in [4.78, 5) is 25.3. The number of urea groups is 1. The van der Waals surface area contributed by atoms with E-state index in [9.17, 15) is 9.59 Å². The van der Waals surface area contributed by atoms with E-state index in [-0.39, 0.29) is 25.0 Å². The van der Waals surface area contributed by atoms with E-state index in [0.717, 1.165) is 5.75 Å². The van der Waals surface area contributed by atoms with Gasteiger partial charge in [0.05, 0.1) is 6.42 Å². The fraction of sp³-hybridized carbons (Fsp3) is 0.800. The molecule has 5 nitrogen and oxygen atoms in total. The van der Waals surface area contributed by atoms with Crippen LogP contribution in [0, 0.1) is 0 Å². The summed E-state index contributed by atoms with van der Waals surface area (Å²) in [5.74, 6) is -0.0193. The Labute approximate surface area is 101 Å². The van der Waals surface area contributed by atoms with Crippen LogP contribution in [0.3, 0.4) is 0 Å². The normalized spacial score (nSPS) is 12.0. The number of thioether (sulfide) groups is 1. The van der Waals surface area contributed by atoms with Crippen LogP contribution >= 0.6 is 11.8 Å². The van der Waals surface area contributed by atoms with Gasteiger partial charge in [0.1, 0.15) is 0 Å². The van der Waals surface area contributed by atoms with E-state index in [0.29, 0.717) is 0 Å². The van der Waals surface area contributed by atoms with Gasteiger partial charge in [-0.3, -0.25) is 4.79 Å². The van der Waals surface area contributed by atoms with E-state index in [4.69, 9.17) is 5.11 Å². The number of carbonyl (C=O) groups excluding carboxylic acids is 1. The predicted octanol–water partition coefficient (Wildman–Crippen LogP) is 1.20. The molecule has 2 amide bonds. The van der Waals surface area contributed by atoms with Crippen molar-refractivity contribution in [2.45, 2.75) is 19.4 Å². The van der Waals surface area contributed by atoms with E-state index in [1.165, 1.54) is 4.90 Å². The van der Waals surface area contributed by atoms with Gasteiger partial charge in [-0.1, -0.05) is 0 Å². The highest BCUT2D eigenvalue weighted by atomic mass is 32.2. The van der Waals surface area contributed by atoms with Gasteiger partial charge in [0.2, 0.25) is 0 Å². The number of nitrogens with zero attached hydrogens (tertiary/aromatic N) is 2. The first-order valence-corrected chi connectivity index (χ1v) is 6.48. The Balaban J connectivity index is 4.15. The number of amides is 2. The lowest BCUT2D eigenvalue weighted by molar-refractivity contribution is -0.137. The van der Waals surface area contributed by atoms with Gasteiger partial charge in [0, 0.05) is 32.4 Å². The Morgan fingerprint density at radius 1 is 1.38 bits per heavy atom. The molecule has 94 valence electrons. The fourth-order valence-corrected chi connectivity index (χ4v) is 1.88. The van der Waals surface area contributed by atoms with Gasteiger partial charge in [-0.05, 0) is 13.2 Å². The molecule has 0 aromatic heterocycles. The molecule has 0 rings (SSSR count). The molecule has 6 heteroatoms. The second kappa shape index (κ2) is 7.38. The molecule has 0 saturated heterocycles. The molecule has 0 bridgehead atoms. The predicted molar refractivity (Wildman–Crippen MR) is 65.9 cm³/mol. The number of hydrogen-bond acceptors (Lipinski definition) is 3. The Kier molecular flexibility index (Phi) is 6.96. The van der Waals surface area contributed by atoms with E-state index < -0.39 is 5.97 Å². The SMILES string of the molecule is CSCC(C)N(C)C(=O)N(C)CCC(=O)O. The Hall–Kier alpha value is -0.910. The van der Waals surface area contributed by atoms with Crippen molar-refractivity contribution in [3.8, 4) is 0 Å². The van der Waals surface area contributed by atoms with Gasteiger partial charge in [-0.15, -0.1) is 0 Å². The summed E-state index contributed by atoms with van der Waals surface area (Å²) in [6.45, 7) is 2.21. The second-order valence-corrected chi connectivity index (χ2v) is 4.67. The van der Waals surface area contributed by atoms with Gasteiger partial charge < -0.3 is 14.9 Å². The minimum Gasteiger partial charge on any atom is -0.481 e. The topological polar surface area (TPSA) is 60.9 Å². The lowest BCUT2D eigenvalue weighted by atomic mass is 10.3. The van der Waals surface area contributed by atoms with Gasteiger partial charge in [0.25, 0.3) is 0 Å². The third-order valence-electron chi connectivity index (χ3n) is 2.36. The zero-order chi connectivity index (χ0) is 12.7. The average molecular weight is 248 g/mol. The molecule has 0 aliphatic heterocycles. The second-order valence-electron chi connectivity index (χ2n) is 3.76. The maximum Gasteiger partial charge on any atom is 0.319 e. The van der Waals surface area contributed by atoms with Crippen molar-refractivity contribution in [1.29, 1.82) is 0 Å². The molecule has 0 radical (unpaired) electrons. The Morgan fingerprint density at radius 3 is 2.38 bits per heavy atom. The molecule has 16 heavy (non-hydrogen) atoms. The van der Waals surface area contributed by atoms with Crippen LogP contribution in [0.15, 0.2) is 0 Å². The van der Waals surface area contributed by atoms with Gasteiger partial charge in [0.15, 0.2) is 0 Å². The average Bonchev–Trinajstić information content (AvgIpc) is 2.23. The Morgan fingerprint density at radius 2 is 1.94 bits per heavy atom. The fourth-order valence-electron chi connectivity index (χ4n) is 1.17. The Bertz CT molecular complexity index is 248. The lowest BCUT2D eigenvalue weighted by Gasteiger charge is -2.29. The van der Waals surface area contributed by atoms with Crippen LogP contribution < -0.4 is 0 Å². The molecular formula is C10H20N2O3S. The largest absolute Gasteiger partial charge is 0.481 e. The molecule has 0 aliphatic carbocycles. The van der Waals surface area contributed by atoms with Crippen molar-refractivity contribution < 1.29 is 14.7 Å². The zero-order valence-corrected chi connectivity index (χ0v) is 11.1. The molecular weight excluding hydrogens is 228 g/mol. The number of aliphatic carboxylic acids is 1. The number of carboxylic acid groups (broad SMARTS) is 1. The van der Waals surface area contributed by atoms with Crippen LogP contribution in [-0.4, -0.2) is 65.6 Å². The maximum absolute atomic E-state index is 11.8. The summed E-state index contributed by atoms with van der Waals surface area (Å²) in [5, 5.41) is 8.52. The standard InChI is InChI=1S/C10H20N2O3S/c1-8(7-16-4)12(3)10(15)11(2)6-5-9(13)14/h8H,5-7H2,1-4H3,(H,13,14). The number of rotatable bonds is 6.